The van der Waals surface area contributed by atoms with Crippen LogP contribution >= 0.6 is 0 Å². The number of halogens is 18. The summed E-state index contributed by atoms with van der Waals surface area (Å²) >= 11 is 0. The number of fused-ring (bicyclic) bond motifs is 3. The quantitative estimate of drug-likeness (QED) is 0.0853. The van der Waals surface area contributed by atoms with E-state index < -0.39 is 71.2 Å². The minimum atomic E-state index is -4.87. The number of aromatic nitrogens is 6. The van der Waals surface area contributed by atoms with Crippen LogP contribution in [0, 0.1) is 18.2 Å². The summed E-state index contributed by atoms with van der Waals surface area (Å²) in [6, 6.07) is 65.4. The second kappa shape index (κ2) is 27.1. The average Bonchev–Trinajstić information content (AvgIpc) is 1.53. The number of alkyl halides is 18. The van der Waals surface area contributed by atoms with Crippen LogP contribution in [0.4, 0.5) is 142 Å². The Morgan fingerprint density at radius 3 is 0.880 bits per heavy atom. The van der Waals surface area contributed by atoms with Crippen molar-refractivity contribution in [3.8, 4) is 33.8 Å². The summed E-state index contributed by atoms with van der Waals surface area (Å²) in [5.41, 5.74) is -0.145. The second-order valence-electron chi connectivity index (χ2n) is 20.9. The van der Waals surface area contributed by atoms with Gasteiger partial charge in [0.1, 0.15) is 17.1 Å². The summed E-state index contributed by atoms with van der Waals surface area (Å²) in [6.07, 6.45) is -28.3. The molecule has 8 aromatic carbocycles. The van der Waals surface area contributed by atoms with Gasteiger partial charge in [0, 0.05) is 22.4 Å². The summed E-state index contributed by atoms with van der Waals surface area (Å²) in [6.45, 7) is 0. The van der Waals surface area contributed by atoms with Gasteiger partial charge in [-0.1, -0.05) is 158 Å². The van der Waals surface area contributed by atoms with Crippen molar-refractivity contribution in [2.75, 3.05) is 0 Å². The molecule has 0 aliphatic carbocycles. The molecule has 0 radical (unpaired) electrons. The molecule has 0 fully saturated rings. The minimum Gasteiger partial charge on any atom is -0.205 e. The van der Waals surface area contributed by atoms with Crippen molar-refractivity contribution < 1.29 is 99.1 Å². The molecular formula is C69H34F18IrN12+5. The molecule has 500 valence electrons. The van der Waals surface area contributed by atoms with Crippen molar-refractivity contribution in [1.82, 2.24) is 52.8 Å². The van der Waals surface area contributed by atoms with Gasteiger partial charge < -0.3 is 0 Å². The van der Waals surface area contributed by atoms with E-state index in [4.69, 9.17) is 0 Å². The Labute approximate surface area is 564 Å². The third-order valence-electron chi connectivity index (χ3n) is 14.4. The second-order valence-corrected chi connectivity index (χ2v) is 20.9. The van der Waals surface area contributed by atoms with Crippen molar-refractivity contribution in [2.45, 2.75) is 37.1 Å². The van der Waals surface area contributed by atoms with Crippen LogP contribution in [0.2, 0.25) is 0 Å². The first-order chi connectivity index (χ1) is 46.9. The molecule has 11 aromatic rings. The first kappa shape index (κ1) is 69.9. The van der Waals surface area contributed by atoms with E-state index in [-0.39, 0.29) is 88.8 Å². The van der Waals surface area contributed by atoms with Gasteiger partial charge in [0.2, 0.25) is 6.01 Å². The summed E-state index contributed by atoms with van der Waals surface area (Å²) in [4.78, 5) is 26.3. The van der Waals surface area contributed by atoms with Gasteiger partial charge in [-0.3, -0.25) is 0 Å². The van der Waals surface area contributed by atoms with Crippen LogP contribution in [0.1, 0.15) is 34.2 Å². The van der Waals surface area contributed by atoms with Crippen molar-refractivity contribution in [3.63, 3.8) is 0 Å². The maximum Gasteiger partial charge on any atom is 3.00 e. The number of benzene rings is 8. The van der Waals surface area contributed by atoms with Gasteiger partial charge in [0.25, 0.3) is 5.69 Å². The zero-order valence-electron chi connectivity index (χ0n) is 49.6. The molecule has 3 aromatic heterocycles. The van der Waals surface area contributed by atoms with Crippen LogP contribution in [-0.2, 0) is 57.2 Å². The molecule has 0 saturated heterocycles. The standard InChI is InChI=1S/2C25H13F6N4.C19H8F6N4.Ir/c2*26-24(27,28)17-11-13-19(14-12-17)35-15-34(18-9-5-2-6-10-18)21-20(16-7-3-1-4-8-16)32-23(25(29,30)31)33-22(21)35;20-18(21,22)12-6-8-13(9-7-12)29-10-26-15-14(11-4-2-1-3-5-11)27-17(19(23,24)25)28-16(15)29;/h2*1-13H;1-8H;/q2*+1;;+3. The topological polar surface area (TPSA) is 105 Å². The van der Waals surface area contributed by atoms with Crippen LogP contribution in [-0.4, -0.2) is 47.9 Å². The van der Waals surface area contributed by atoms with E-state index in [1.54, 1.807) is 152 Å². The molecule has 3 aliphatic rings. The van der Waals surface area contributed by atoms with E-state index in [0.29, 0.717) is 34.1 Å². The Kier molecular flexibility index (Phi) is 18.9. The Bertz CT molecular complexity index is 4880. The average molecular weight is 1570 g/mol. The van der Waals surface area contributed by atoms with Gasteiger partial charge >= 0.3 is 115 Å². The Hall–Kier alpha value is -11.5. The third-order valence-corrected chi connectivity index (χ3v) is 14.4. The van der Waals surface area contributed by atoms with E-state index in [1.807, 2.05) is 0 Å². The van der Waals surface area contributed by atoms with Gasteiger partial charge in [0.15, 0.2) is 11.4 Å². The Morgan fingerprint density at radius 2 is 0.580 bits per heavy atom. The zero-order chi connectivity index (χ0) is 70.4. The maximum absolute atomic E-state index is 13.8. The Balaban J connectivity index is 0.000000151. The number of para-hydroxylation sites is 2. The Morgan fingerprint density at radius 1 is 0.290 bits per heavy atom. The first-order valence-electron chi connectivity index (χ1n) is 28.4. The number of hydrogen-bond acceptors (Lipinski definition) is 7. The van der Waals surface area contributed by atoms with Crippen molar-refractivity contribution in [3.05, 3.63) is 259 Å². The fourth-order valence-electron chi connectivity index (χ4n) is 9.85. The normalized spacial score (nSPS) is 13.2. The molecule has 12 nitrogen and oxygen atoms in total. The number of aliphatic imine (C=N–C) groups is 1. The van der Waals surface area contributed by atoms with Crippen molar-refractivity contribution in [2.24, 2.45) is 4.99 Å². The largest absolute Gasteiger partial charge is 3.00 e. The third kappa shape index (κ3) is 14.7. The van der Waals surface area contributed by atoms with Gasteiger partial charge in [-0.25, -0.2) is 4.98 Å². The first-order valence-corrected chi connectivity index (χ1v) is 28.4. The maximum atomic E-state index is 13.8. The fraction of sp³-hybridized carbons (Fsp3) is 0.0870. The van der Waals surface area contributed by atoms with E-state index in [0.717, 1.165) is 62.3 Å². The summed E-state index contributed by atoms with van der Waals surface area (Å²) < 4.78 is 245. The number of hydrogen-bond donors (Lipinski definition) is 0. The monoisotopic (exact) mass is 1570 g/mol. The molecule has 0 amide bonds. The van der Waals surface area contributed by atoms with E-state index >= 15 is 0 Å². The number of nitrogens with zero attached hydrogens (tertiary/aromatic N) is 12. The molecule has 6 heterocycles. The van der Waals surface area contributed by atoms with Crippen LogP contribution in [0.25, 0.3) is 33.8 Å². The predicted molar refractivity (Wildman–Crippen MR) is 326 cm³/mol. The van der Waals surface area contributed by atoms with Crippen LogP contribution in [0.15, 0.2) is 211 Å². The molecule has 0 N–H and O–H groups in total. The summed E-state index contributed by atoms with van der Waals surface area (Å²) in [5.74, 6) is -4.79. The molecule has 100 heavy (non-hydrogen) atoms. The van der Waals surface area contributed by atoms with Crippen LogP contribution in [0.3, 0.4) is 0 Å². The van der Waals surface area contributed by atoms with Gasteiger partial charge in [-0.05, 0) is 29.3 Å². The summed E-state index contributed by atoms with van der Waals surface area (Å²) in [7, 11) is 0. The van der Waals surface area contributed by atoms with Gasteiger partial charge in [-0.15, -0.1) is 45.5 Å². The van der Waals surface area contributed by atoms with E-state index in [9.17, 15) is 79.0 Å². The fourth-order valence-corrected chi connectivity index (χ4v) is 9.85. The van der Waals surface area contributed by atoms with Gasteiger partial charge in [0.05, 0.1) is 21.3 Å². The minimum absolute atomic E-state index is 0. The molecule has 0 saturated carbocycles. The molecule has 0 atom stereocenters. The van der Waals surface area contributed by atoms with Crippen LogP contribution < -0.4 is 22.9 Å². The molecule has 3 aliphatic heterocycles. The van der Waals surface area contributed by atoms with E-state index in [2.05, 4.69) is 71.1 Å². The molecule has 0 spiro atoms. The molecule has 0 unspecified atom stereocenters. The molecule has 14 rings (SSSR count). The summed E-state index contributed by atoms with van der Waals surface area (Å²) in [5, 5.41) is 0. The molecule has 0 bridgehead atoms. The van der Waals surface area contributed by atoms with Gasteiger partial charge in [-0.2, -0.15) is 130 Å². The number of rotatable bonds is 8. The van der Waals surface area contributed by atoms with Crippen molar-refractivity contribution in [1.29, 1.82) is 0 Å². The SMILES string of the molecule is FC(F)(F)c1c[c-]c([N+]2=C=Nc3c(-c4ccccc4)nc(C(F)(F)F)nc32)cc1.FC(F)(F)c1c[c-]c([N+]2=C=[N+](c3ccccc3)c3c(-c4ccccc4)nc(C(F)(F)F)nc32)cc1.FC(F)(F)c1c[c-]c([N+]2=C=[N+](c3ccccc3)c3c(-c4ccccc4)nc(C(F)(F)F)nc32)cc1.[Ir+3]. The zero-order valence-corrected chi connectivity index (χ0v) is 52.0. The van der Waals surface area contributed by atoms with E-state index in [1.165, 1.54) is 9.15 Å². The molecular weight excluding hydrogens is 1530 g/mol. The predicted octanol–water partition coefficient (Wildman–Crippen LogP) is 19.3. The van der Waals surface area contributed by atoms with Crippen molar-refractivity contribution >= 4 is 81.0 Å². The smallest absolute Gasteiger partial charge is 0.205 e. The van der Waals surface area contributed by atoms with Crippen LogP contribution in [0.5, 0.6) is 0 Å². The molecule has 31 heteroatoms.